The minimum Gasteiger partial charge on any atom is -0.348 e. The fourth-order valence-corrected chi connectivity index (χ4v) is 6.12. The Kier molecular flexibility index (Phi) is 8.52. The molecule has 0 aromatic heterocycles. The van der Waals surface area contributed by atoms with Crippen LogP contribution in [0, 0.1) is 5.92 Å². The second-order valence-electron chi connectivity index (χ2n) is 10.0. The number of rotatable bonds is 9. The molecule has 0 radical (unpaired) electrons. The molecule has 6 nitrogen and oxygen atoms in total. The van der Waals surface area contributed by atoms with Crippen molar-refractivity contribution in [3.8, 4) is 0 Å². The van der Waals surface area contributed by atoms with E-state index in [2.05, 4.69) is 0 Å². The molecule has 0 aliphatic carbocycles. The molecule has 33 heavy (non-hydrogen) atoms. The highest BCUT2D eigenvalue weighted by atomic mass is 35.5. The molecule has 2 fully saturated rings. The highest BCUT2D eigenvalue weighted by Crippen LogP contribution is 2.40. The Morgan fingerprint density at radius 2 is 1.85 bits per heavy atom. The van der Waals surface area contributed by atoms with E-state index in [1.54, 1.807) is 13.8 Å². The normalized spacial score (nSPS) is 26.7. The van der Waals surface area contributed by atoms with Gasteiger partial charge in [0.15, 0.2) is 15.6 Å². The number of carbonyl (C=O) groups excluding carboxylic acids is 1. The minimum absolute atomic E-state index is 0.0821. The van der Waals surface area contributed by atoms with E-state index in [1.165, 1.54) is 0 Å². The van der Waals surface area contributed by atoms with Gasteiger partial charge < -0.3 is 14.4 Å². The Morgan fingerprint density at radius 1 is 1.18 bits per heavy atom. The molecular formula is C25H38ClNO5S. The summed E-state index contributed by atoms with van der Waals surface area (Å²) in [6.45, 7) is 9.71. The average Bonchev–Trinajstić information content (AvgIpc) is 3.09. The summed E-state index contributed by atoms with van der Waals surface area (Å²) < 4.78 is 36.7. The zero-order valence-corrected chi connectivity index (χ0v) is 22.0. The molecule has 1 aromatic rings. The van der Waals surface area contributed by atoms with E-state index in [-0.39, 0.29) is 35.8 Å². The zero-order chi connectivity index (χ0) is 24.4. The summed E-state index contributed by atoms with van der Waals surface area (Å²) in [7, 11) is -3.18. The number of halogens is 1. The topological polar surface area (TPSA) is 72.9 Å². The van der Waals surface area contributed by atoms with Crippen LogP contribution in [0.25, 0.3) is 0 Å². The summed E-state index contributed by atoms with van der Waals surface area (Å²) in [6.07, 6.45) is 3.24. The van der Waals surface area contributed by atoms with E-state index in [9.17, 15) is 13.2 Å². The first kappa shape index (κ1) is 26.5. The molecule has 2 saturated heterocycles. The zero-order valence-electron chi connectivity index (χ0n) is 20.4. The van der Waals surface area contributed by atoms with Crippen molar-refractivity contribution in [1.82, 2.24) is 4.90 Å². The third-order valence-electron chi connectivity index (χ3n) is 6.92. The van der Waals surface area contributed by atoms with Crippen LogP contribution in [-0.2, 0) is 24.1 Å². The van der Waals surface area contributed by atoms with Gasteiger partial charge in [-0.15, -0.1) is 0 Å². The highest BCUT2D eigenvalue weighted by Gasteiger charge is 2.42. The maximum atomic E-state index is 13.8. The van der Waals surface area contributed by atoms with Gasteiger partial charge >= 0.3 is 0 Å². The van der Waals surface area contributed by atoms with Crippen molar-refractivity contribution in [3.63, 3.8) is 0 Å². The Balaban J connectivity index is 1.84. The number of hydrogen-bond donors (Lipinski definition) is 0. The van der Waals surface area contributed by atoms with Crippen LogP contribution in [0.4, 0.5) is 0 Å². The van der Waals surface area contributed by atoms with Gasteiger partial charge in [0.1, 0.15) is 0 Å². The maximum absolute atomic E-state index is 13.8. The van der Waals surface area contributed by atoms with Crippen molar-refractivity contribution in [2.24, 2.45) is 5.92 Å². The number of ether oxygens (including phenoxy) is 2. The summed E-state index contributed by atoms with van der Waals surface area (Å²) in [5.74, 6) is -0.612. The first-order chi connectivity index (χ1) is 15.4. The van der Waals surface area contributed by atoms with Crippen LogP contribution >= 0.6 is 11.6 Å². The van der Waals surface area contributed by atoms with Crippen molar-refractivity contribution >= 4 is 27.3 Å². The van der Waals surface area contributed by atoms with Crippen molar-refractivity contribution in [2.75, 3.05) is 12.4 Å². The van der Waals surface area contributed by atoms with Crippen LogP contribution in [0.1, 0.15) is 78.3 Å². The molecule has 2 aliphatic heterocycles. The van der Waals surface area contributed by atoms with Crippen LogP contribution in [-0.4, -0.2) is 54.8 Å². The molecule has 186 valence electrons. The van der Waals surface area contributed by atoms with Crippen LogP contribution in [0.15, 0.2) is 24.3 Å². The van der Waals surface area contributed by atoms with Gasteiger partial charge in [-0.25, -0.2) is 8.42 Å². The highest BCUT2D eigenvalue weighted by molar-refractivity contribution is 7.91. The fourth-order valence-electron chi connectivity index (χ4n) is 4.92. The Bertz CT molecular complexity index is 915. The smallest absolute Gasteiger partial charge is 0.226 e. The van der Waals surface area contributed by atoms with E-state index in [4.69, 9.17) is 21.1 Å². The maximum Gasteiger partial charge on any atom is 0.226 e. The van der Waals surface area contributed by atoms with Crippen LogP contribution in [0.2, 0.25) is 5.02 Å². The third kappa shape index (κ3) is 6.50. The molecule has 2 aliphatic rings. The molecule has 0 bridgehead atoms. The van der Waals surface area contributed by atoms with Crippen LogP contribution < -0.4 is 0 Å². The number of carbonyl (C=O) groups is 1. The average molecular weight is 500 g/mol. The van der Waals surface area contributed by atoms with Crippen LogP contribution in [0.5, 0.6) is 0 Å². The van der Waals surface area contributed by atoms with Gasteiger partial charge in [0.05, 0.1) is 29.8 Å². The quantitative estimate of drug-likeness (QED) is 0.469. The van der Waals surface area contributed by atoms with Gasteiger partial charge in [0, 0.05) is 17.0 Å². The van der Waals surface area contributed by atoms with Gasteiger partial charge in [0.2, 0.25) is 5.91 Å². The monoisotopic (exact) mass is 499 g/mol. The van der Waals surface area contributed by atoms with Gasteiger partial charge in [-0.1, -0.05) is 30.7 Å². The molecule has 0 saturated carbocycles. The largest absolute Gasteiger partial charge is 0.348 e. The summed E-state index contributed by atoms with van der Waals surface area (Å²) in [5, 5.41) is 0.233. The summed E-state index contributed by atoms with van der Waals surface area (Å²) in [5.41, 5.74) is 1.04. The number of benzene rings is 1. The van der Waals surface area contributed by atoms with Gasteiger partial charge in [-0.3, -0.25) is 4.79 Å². The third-order valence-corrected chi connectivity index (χ3v) is 9.41. The Morgan fingerprint density at radius 3 is 2.39 bits per heavy atom. The predicted octanol–water partition coefficient (Wildman–Crippen LogP) is 5.15. The van der Waals surface area contributed by atoms with Crippen molar-refractivity contribution in [3.05, 3.63) is 34.9 Å². The minimum atomic E-state index is -3.18. The lowest BCUT2D eigenvalue weighted by atomic mass is 9.83. The first-order valence-corrected chi connectivity index (χ1v) is 14.1. The molecule has 1 aromatic carbocycles. The molecule has 3 rings (SSSR count). The predicted molar refractivity (Wildman–Crippen MR) is 131 cm³/mol. The van der Waals surface area contributed by atoms with E-state index in [1.807, 2.05) is 49.9 Å². The summed E-state index contributed by atoms with van der Waals surface area (Å²) in [4.78, 5) is 15.8. The lowest BCUT2D eigenvalue weighted by Crippen LogP contribution is -2.50. The van der Waals surface area contributed by atoms with Crippen molar-refractivity contribution < 1.29 is 22.7 Å². The molecule has 1 amide bonds. The van der Waals surface area contributed by atoms with Crippen LogP contribution in [0.3, 0.4) is 0 Å². The molecule has 2 heterocycles. The lowest BCUT2D eigenvalue weighted by Gasteiger charge is -2.44. The number of sulfone groups is 1. The summed E-state index contributed by atoms with van der Waals surface area (Å²) >= 11 is 6.10. The SMILES string of the molecule is CCC(CCS(=O)(=O)C(C)C)N1C(=O)C(CC2COC(C)(C)O2)CCC1c1ccc(Cl)cc1. The number of piperidine rings is 1. The molecule has 8 heteroatoms. The Labute approximate surface area is 203 Å². The number of amides is 1. The van der Waals surface area contributed by atoms with E-state index < -0.39 is 20.9 Å². The number of nitrogens with zero attached hydrogens (tertiary/aromatic N) is 1. The van der Waals surface area contributed by atoms with Gasteiger partial charge in [-0.2, -0.15) is 0 Å². The van der Waals surface area contributed by atoms with Gasteiger partial charge in [0.25, 0.3) is 0 Å². The lowest BCUT2D eigenvalue weighted by molar-refractivity contribution is -0.153. The number of hydrogen-bond acceptors (Lipinski definition) is 5. The molecule has 0 N–H and O–H groups in total. The summed E-state index contributed by atoms with van der Waals surface area (Å²) in [6, 6.07) is 7.41. The molecule has 4 unspecified atom stereocenters. The second-order valence-corrected chi connectivity index (χ2v) is 13.2. The van der Waals surface area contributed by atoms with E-state index in [0.717, 1.165) is 18.4 Å². The molecular weight excluding hydrogens is 462 g/mol. The van der Waals surface area contributed by atoms with Crippen molar-refractivity contribution in [1.29, 1.82) is 0 Å². The molecule has 4 atom stereocenters. The fraction of sp³-hybridized carbons (Fsp3) is 0.720. The van der Waals surface area contributed by atoms with E-state index in [0.29, 0.717) is 30.9 Å². The van der Waals surface area contributed by atoms with Crippen molar-refractivity contribution in [2.45, 2.75) is 95.9 Å². The second kappa shape index (κ2) is 10.6. The first-order valence-electron chi connectivity index (χ1n) is 12.0. The molecule has 0 spiro atoms. The van der Waals surface area contributed by atoms with E-state index >= 15 is 0 Å². The number of likely N-dealkylation sites (tertiary alicyclic amines) is 1. The Hall–Kier alpha value is -1.15. The standard InChI is InChI=1S/C25H38ClNO5S/c1-6-21(13-14-33(29,30)17(2)3)27-23(18-7-10-20(26)11-8-18)12-9-19(24(27)28)15-22-16-31-25(4,5)32-22/h7-8,10-11,17,19,21-23H,6,9,12-16H2,1-5H3. The van der Waals surface area contributed by atoms with Gasteiger partial charge in [-0.05, 0) is 77.5 Å².